The third-order valence-corrected chi connectivity index (χ3v) is 4.16. The van der Waals surface area contributed by atoms with Crippen molar-refractivity contribution in [2.24, 2.45) is 11.8 Å². The molecule has 0 amide bonds. The topological polar surface area (TPSA) is 9.23 Å². The number of unbranched alkanes of at least 4 members (excludes halogenated alkanes) is 1. The van der Waals surface area contributed by atoms with Gasteiger partial charge < -0.3 is 4.74 Å². The van der Waals surface area contributed by atoms with E-state index in [1.807, 2.05) is 0 Å². The van der Waals surface area contributed by atoms with Gasteiger partial charge in [-0.1, -0.05) is 30.7 Å². The molecule has 0 saturated heterocycles. The summed E-state index contributed by atoms with van der Waals surface area (Å²) in [5.41, 5.74) is 0. The Kier molecular flexibility index (Phi) is 8.08. The molecule has 18 heavy (non-hydrogen) atoms. The molecule has 0 aromatic heterocycles. The Morgan fingerprint density at radius 2 is 2.11 bits per heavy atom. The van der Waals surface area contributed by atoms with Crippen LogP contribution in [0.4, 0.5) is 0 Å². The molecule has 1 heteroatoms. The minimum Gasteiger partial charge on any atom is -0.382 e. The van der Waals surface area contributed by atoms with Crippen molar-refractivity contribution in [1.29, 1.82) is 0 Å². The van der Waals surface area contributed by atoms with Crippen LogP contribution in [0.25, 0.3) is 0 Å². The molecular weight excluding hydrogens is 220 g/mol. The van der Waals surface area contributed by atoms with E-state index in [4.69, 9.17) is 4.74 Å². The number of rotatable bonds is 8. The number of hydrogen-bond acceptors (Lipinski definition) is 1. The monoisotopic (exact) mass is 250 g/mol. The Bertz CT molecular complexity index is 254. The maximum atomic E-state index is 5.26. The minimum atomic E-state index is 0.410. The second-order valence-electron chi connectivity index (χ2n) is 5.56. The normalized spacial score (nSPS) is 26.4. The van der Waals surface area contributed by atoms with E-state index >= 15 is 0 Å². The van der Waals surface area contributed by atoms with Crippen LogP contribution in [0, 0.1) is 11.8 Å². The Morgan fingerprint density at radius 3 is 2.83 bits per heavy atom. The molecule has 1 aliphatic carbocycles. The maximum Gasteiger partial charge on any atom is 0.0543 e. The highest BCUT2D eigenvalue weighted by atomic mass is 16.5. The van der Waals surface area contributed by atoms with E-state index < -0.39 is 0 Å². The SMILES string of the molecule is C/C=C/CC1CCCC1/C=C/CCCC(C)OC. The van der Waals surface area contributed by atoms with Gasteiger partial charge in [0.1, 0.15) is 0 Å². The molecule has 3 atom stereocenters. The van der Waals surface area contributed by atoms with E-state index in [1.165, 1.54) is 44.9 Å². The van der Waals surface area contributed by atoms with Gasteiger partial charge in [-0.15, -0.1) is 0 Å². The number of hydrogen-bond donors (Lipinski definition) is 0. The van der Waals surface area contributed by atoms with Gasteiger partial charge in [0.15, 0.2) is 0 Å². The van der Waals surface area contributed by atoms with Gasteiger partial charge in [-0.2, -0.15) is 0 Å². The average Bonchev–Trinajstić information content (AvgIpc) is 2.83. The van der Waals surface area contributed by atoms with Gasteiger partial charge in [0.2, 0.25) is 0 Å². The van der Waals surface area contributed by atoms with Crippen molar-refractivity contribution in [3.8, 4) is 0 Å². The van der Waals surface area contributed by atoms with Gasteiger partial charge in [-0.3, -0.25) is 0 Å². The van der Waals surface area contributed by atoms with E-state index in [9.17, 15) is 0 Å². The van der Waals surface area contributed by atoms with Gasteiger partial charge >= 0.3 is 0 Å². The molecular formula is C17H30O. The fourth-order valence-corrected chi connectivity index (χ4v) is 2.83. The molecule has 104 valence electrons. The van der Waals surface area contributed by atoms with E-state index in [-0.39, 0.29) is 0 Å². The first-order valence-corrected chi connectivity index (χ1v) is 7.58. The summed E-state index contributed by atoms with van der Waals surface area (Å²) in [5.74, 6) is 1.73. The third-order valence-electron chi connectivity index (χ3n) is 4.16. The molecule has 0 radical (unpaired) electrons. The molecule has 1 aliphatic rings. The third kappa shape index (κ3) is 5.86. The van der Waals surface area contributed by atoms with Crippen LogP contribution in [0.5, 0.6) is 0 Å². The molecule has 0 bridgehead atoms. The van der Waals surface area contributed by atoms with Gasteiger partial charge in [-0.05, 0) is 64.2 Å². The van der Waals surface area contributed by atoms with Crippen LogP contribution in [-0.4, -0.2) is 13.2 Å². The first-order chi connectivity index (χ1) is 8.77. The molecule has 1 saturated carbocycles. The summed E-state index contributed by atoms with van der Waals surface area (Å²) >= 11 is 0. The second kappa shape index (κ2) is 9.38. The Labute approximate surface area is 113 Å². The van der Waals surface area contributed by atoms with Crippen molar-refractivity contribution in [3.05, 3.63) is 24.3 Å². The number of allylic oxidation sites excluding steroid dienone is 4. The molecule has 0 aromatic rings. The van der Waals surface area contributed by atoms with Crippen molar-refractivity contribution in [2.75, 3.05) is 7.11 Å². The highest BCUT2D eigenvalue weighted by molar-refractivity contribution is 4.97. The van der Waals surface area contributed by atoms with Crippen molar-refractivity contribution < 1.29 is 4.74 Å². The predicted octanol–water partition coefficient (Wildman–Crippen LogP) is 5.13. The molecule has 1 fully saturated rings. The molecule has 3 unspecified atom stereocenters. The lowest BCUT2D eigenvalue weighted by Crippen LogP contribution is -2.04. The summed E-state index contributed by atoms with van der Waals surface area (Å²) in [6.07, 6.45) is 18.9. The summed E-state index contributed by atoms with van der Waals surface area (Å²) in [4.78, 5) is 0. The Morgan fingerprint density at radius 1 is 1.28 bits per heavy atom. The van der Waals surface area contributed by atoms with Crippen LogP contribution in [0.15, 0.2) is 24.3 Å². The second-order valence-corrected chi connectivity index (χ2v) is 5.56. The average molecular weight is 250 g/mol. The van der Waals surface area contributed by atoms with Crippen LogP contribution < -0.4 is 0 Å². The van der Waals surface area contributed by atoms with Crippen LogP contribution in [0.1, 0.15) is 58.8 Å². The molecule has 1 nitrogen and oxygen atoms in total. The largest absolute Gasteiger partial charge is 0.382 e. The predicted molar refractivity (Wildman–Crippen MR) is 79.7 cm³/mol. The minimum absolute atomic E-state index is 0.410. The van der Waals surface area contributed by atoms with Crippen molar-refractivity contribution in [2.45, 2.75) is 64.9 Å². The van der Waals surface area contributed by atoms with Gasteiger partial charge in [0.25, 0.3) is 0 Å². The molecule has 0 spiro atoms. The lowest BCUT2D eigenvalue weighted by atomic mass is 9.92. The highest BCUT2D eigenvalue weighted by Crippen LogP contribution is 2.35. The van der Waals surface area contributed by atoms with Gasteiger partial charge in [0, 0.05) is 7.11 Å². The smallest absolute Gasteiger partial charge is 0.0543 e. The van der Waals surface area contributed by atoms with E-state index in [0.29, 0.717) is 6.10 Å². The van der Waals surface area contributed by atoms with Crippen LogP contribution >= 0.6 is 0 Å². The van der Waals surface area contributed by atoms with Gasteiger partial charge in [0.05, 0.1) is 6.10 Å². The maximum absolute atomic E-state index is 5.26. The zero-order valence-corrected chi connectivity index (χ0v) is 12.4. The fourth-order valence-electron chi connectivity index (χ4n) is 2.83. The zero-order valence-electron chi connectivity index (χ0n) is 12.4. The van der Waals surface area contributed by atoms with Crippen molar-refractivity contribution >= 4 is 0 Å². The summed E-state index contributed by atoms with van der Waals surface area (Å²) in [5, 5.41) is 0. The van der Waals surface area contributed by atoms with Gasteiger partial charge in [-0.25, -0.2) is 0 Å². The van der Waals surface area contributed by atoms with E-state index in [1.54, 1.807) is 7.11 Å². The quantitative estimate of drug-likeness (QED) is 0.428. The standard InChI is InChI=1S/C17H30O/c1-4-5-11-16-13-9-14-17(16)12-8-6-7-10-15(2)18-3/h4-5,8,12,15-17H,6-7,9-11,13-14H2,1-3H3/b5-4+,12-8+. The molecule has 0 heterocycles. The molecule has 1 rings (SSSR count). The molecule has 0 N–H and O–H groups in total. The number of ether oxygens (including phenoxy) is 1. The number of methoxy groups -OCH3 is 1. The lowest BCUT2D eigenvalue weighted by Gasteiger charge is -2.14. The zero-order chi connectivity index (χ0) is 13.2. The van der Waals surface area contributed by atoms with Crippen molar-refractivity contribution in [3.63, 3.8) is 0 Å². The van der Waals surface area contributed by atoms with Crippen molar-refractivity contribution in [1.82, 2.24) is 0 Å². The lowest BCUT2D eigenvalue weighted by molar-refractivity contribution is 0.109. The summed E-state index contributed by atoms with van der Waals surface area (Å²) in [6, 6.07) is 0. The first kappa shape index (κ1) is 15.5. The first-order valence-electron chi connectivity index (χ1n) is 7.58. The summed E-state index contributed by atoms with van der Waals surface area (Å²) in [7, 11) is 1.80. The van der Waals surface area contributed by atoms with Crippen LogP contribution in [0.3, 0.4) is 0 Å². The summed E-state index contributed by atoms with van der Waals surface area (Å²) in [6.45, 7) is 4.27. The Balaban J connectivity index is 2.19. The van der Waals surface area contributed by atoms with E-state index in [0.717, 1.165) is 11.8 Å². The van der Waals surface area contributed by atoms with E-state index in [2.05, 4.69) is 38.2 Å². The van der Waals surface area contributed by atoms with Crippen LogP contribution in [0.2, 0.25) is 0 Å². The van der Waals surface area contributed by atoms with Crippen LogP contribution in [-0.2, 0) is 4.74 Å². The molecule has 0 aliphatic heterocycles. The highest BCUT2D eigenvalue weighted by Gasteiger charge is 2.23. The Hall–Kier alpha value is -0.560. The fraction of sp³-hybridized carbons (Fsp3) is 0.765. The summed E-state index contributed by atoms with van der Waals surface area (Å²) < 4.78 is 5.26. The molecule has 0 aromatic carbocycles.